The molecule has 3 aromatic rings. The molecule has 0 aliphatic heterocycles. The van der Waals surface area contributed by atoms with Crippen LogP contribution in [0, 0.1) is 0 Å². The van der Waals surface area contributed by atoms with Gasteiger partial charge in [0.05, 0.1) is 17.7 Å². The van der Waals surface area contributed by atoms with Gasteiger partial charge >= 0.3 is 0 Å². The normalized spacial score (nSPS) is 12.4. The van der Waals surface area contributed by atoms with E-state index < -0.39 is 34.1 Å². The summed E-state index contributed by atoms with van der Waals surface area (Å²) in [6.45, 7) is 6.64. The molecule has 0 saturated carbocycles. The van der Waals surface area contributed by atoms with Gasteiger partial charge in [0, 0.05) is 27.7 Å². The first kappa shape index (κ1) is 32.2. The number of rotatable bonds is 11. The molecular formula is C30H35Cl2N3O5S. The molecule has 0 heterocycles. The van der Waals surface area contributed by atoms with Gasteiger partial charge in [0.25, 0.3) is 10.0 Å². The second-order valence-corrected chi connectivity index (χ2v) is 13.1. The average Bonchev–Trinajstić information content (AvgIpc) is 2.92. The molecule has 0 saturated heterocycles. The number of nitrogens with zero attached hydrogens (tertiary/aromatic N) is 2. The number of nitrogens with one attached hydrogen (secondary N) is 1. The standard InChI is InChI=1S/C30H35Cl2N3O5S/c1-6-27(29(37)33-30(2,3)4)34(19-24-25(31)13-10-14-26(24)32)28(36)20-35(21-11-8-7-9-12-21)41(38,39)23-17-15-22(40-5)16-18-23/h7-18,27H,6,19-20H2,1-5H3,(H,33,37)/t27-/m1/s1. The molecule has 3 rings (SSSR count). The minimum Gasteiger partial charge on any atom is -0.497 e. The van der Waals surface area contributed by atoms with Gasteiger partial charge in [-0.3, -0.25) is 13.9 Å². The van der Waals surface area contributed by atoms with Gasteiger partial charge in [0.15, 0.2) is 0 Å². The number of sulfonamides is 1. The molecule has 41 heavy (non-hydrogen) atoms. The highest BCUT2D eigenvalue weighted by Gasteiger charge is 2.35. The second kappa shape index (κ2) is 13.6. The van der Waals surface area contributed by atoms with E-state index in [2.05, 4.69) is 5.32 Å². The van der Waals surface area contributed by atoms with Gasteiger partial charge in [-0.05, 0) is 75.7 Å². The summed E-state index contributed by atoms with van der Waals surface area (Å²) in [5, 5.41) is 3.58. The van der Waals surface area contributed by atoms with Crippen molar-refractivity contribution >= 4 is 50.7 Å². The van der Waals surface area contributed by atoms with Crippen molar-refractivity contribution in [3.05, 3.63) is 88.4 Å². The molecule has 0 bridgehead atoms. The number of para-hydroxylation sites is 1. The van der Waals surface area contributed by atoms with Crippen LogP contribution in [-0.2, 0) is 26.2 Å². The lowest BCUT2D eigenvalue weighted by atomic mass is 10.1. The van der Waals surface area contributed by atoms with Gasteiger partial charge in [-0.25, -0.2) is 8.42 Å². The fraction of sp³-hybridized carbons (Fsp3) is 0.333. The fourth-order valence-corrected chi connectivity index (χ4v) is 6.16. The first-order valence-electron chi connectivity index (χ1n) is 13.0. The largest absolute Gasteiger partial charge is 0.497 e. The lowest BCUT2D eigenvalue weighted by Crippen LogP contribution is -2.55. The summed E-state index contributed by atoms with van der Waals surface area (Å²) < 4.78 is 34.0. The molecule has 2 amide bonds. The third-order valence-corrected chi connectivity index (χ3v) is 8.74. The van der Waals surface area contributed by atoms with Crippen molar-refractivity contribution in [2.24, 2.45) is 0 Å². The highest BCUT2D eigenvalue weighted by molar-refractivity contribution is 7.92. The molecule has 0 fully saturated rings. The molecule has 1 atom stereocenters. The minimum atomic E-state index is -4.20. The smallest absolute Gasteiger partial charge is 0.264 e. The number of methoxy groups -OCH3 is 1. The molecule has 0 unspecified atom stereocenters. The second-order valence-electron chi connectivity index (χ2n) is 10.4. The van der Waals surface area contributed by atoms with Gasteiger partial charge in [0.1, 0.15) is 18.3 Å². The van der Waals surface area contributed by atoms with Crippen LogP contribution in [-0.4, -0.2) is 50.4 Å². The predicted molar refractivity (Wildman–Crippen MR) is 163 cm³/mol. The van der Waals surface area contributed by atoms with Gasteiger partial charge in [0.2, 0.25) is 11.8 Å². The molecule has 1 N–H and O–H groups in total. The third-order valence-electron chi connectivity index (χ3n) is 6.24. The Morgan fingerprint density at radius 1 is 0.927 bits per heavy atom. The molecular weight excluding hydrogens is 585 g/mol. The van der Waals surface area contributed by atoms with E-state index in [4.69, 9.17) is 27.9 Å². The molecule has 0 aliphatic carbocycles. The Kier molecular flexibility index (Phi) is 10.7. The summed E-state index contributed by atoms with van der Waals surface area (Å²) in [5.41, 5.74) is 0.185. The van der Waals surface area contributed by atoms with Crippen molar-refractivity contribution < 1.29 is 22.7 Å². The lowest BCUT2D eigenvalue weighted by Gasteiger charge is -2.35. The monoisotopic (exact) mass is 619 g/mol. The lowest BCUT2D eigenvalue weighted by molar-refractivity contribution is -0.141. The Balaban J connectivity index is 2.09. The molecule has 8 nitrogen and oxygen atoms in total. The highest BCUT2D eigenvalue weighted by atomic mass is 35.5. The summed E-state index contributed by atoms with van der Waals surface area (Å²) in [5.74, 6) is -0.483. The maximum absolute atomic E-state index is 14.1. The van der Waals surface area contributed by atoms with Crippen molar-refractivity contribution in [1.82, 2.24) is 10.2 Å². The van der Waals surface area contributed by atoms with E-state index in [0.717, 1.165) is 4.31 Å². The minimum absolute atomic E-state index is 0.0202. The number of carbonyl (C=O) groups is 2. The van der Waals surface area contributed by atoms with Gasteiger partial charge in [-0.1, -0.05) is 54.4 Å². The summed E-state index contributed by atoms with van der Waals surface area (Å²) >= 11 is 12.9. The molecule has 0 spiro atoms. The van der Waals surface area contributed by atoms with E-state index in [0.29, 0.717) is 27.0 Å². The van der Waals surface area contributed by atoms with Crippen LogP contribution in [0.3, 0.4) is 0 Å². The SMILES string of the molecule is CC[C@H](C(=O)NC(C)(C)C)N(Cc1c(Cl)cccc1Cl)C(=O)CN(c1ccccc1)S(=O)(=O)c1ccc(OC)cc1. The number of halogens is 2. The summed E-state index contributed by atoms with van der Waals surface area (Å²) in [6.07, 6.45) is 0.270. The fourth-order valence-electron chi connectivity index (χ4n) is 4.22. The van der Waals surface area contributed by atoms with Gasteiger partial charge < -0.3 is 15.0 Å². The molecule has 0 radical (unpaired) electrons. The molecule has 0 aromatic heterocycles. The van der Waals surface area contributed by atoms with Crippen LogP contribution in [0.4, 0.5) is 5.69 Å². The van der Waals surface area contributed by atoms with E-state index in [9.17, 15) is 18.0 Å². The van der Waals surface area contributed by atoms with Crippen molar-refractivity contribution in [3.63, 3.8) is 0 Å². The van der Waals surface area contributed by atoms with Crippen LogP contribution in [0.15, 0.2) is 77.7 Å². The van der Waals surface area contributed by atoms with Crippen LogP contribution in [0.5, 0.6) is 5.75 Å². The van der Waals surface area contributed by atoms with Crippen LogP contribution in [0.1, 0.15) is 39.7 Å². The molecule has 0 aliphatic rings. The maximum Gasteiger partial charge on any atom is 0.264 e. The van der Waals surface area contributed by atoms with Crippen molar-refractivity contribution in [2.75, 3.05) is 18.0 Å². The van der Waals surface area contributed by atoms with Crippen LogP contribution >= 0.6 is 23.2 Å². The van der Waals surface area contributed by atoms with E-state index in [1.165, 1.54) is 36.3 Å². The van der Waals surface area contributed by atoms with E-state index in [1.807, 2.05) is 20.8 Å². The number of hydrogen-bond acceptors (Lipinski definition) is 5. The van der Waals surface area contributed by atoms with Crippen molar-refractivity contribution in [2.45, 2.75) is 57.1 Å². The Morgan fingerprint density at radius 3 is 2.02 bits per heavy atom. The molecule has 11 heteroatoms. The van der Waals surface area contributed by atoms with Crippen molar-refractivity contribution in [1.29, 1.82) is 0 Å². The summed E-state index contributed by atoms with van der Waals surface area (Å²) in [6, 6.07) is 18.3. The first-order valence-corrected chi connectivity index (χ1v) is 15.2. The number of benzene rings is 3. The highest BCUT2D eigenvalue weighted by Crippen LogP contribution is 2.29. The zero-order valence-electron chi connectivity index (χ0n) is 23.7. The maximum atomic E-state index is 14.1. The van der Waals surface area contributed by atoms with Gasteiger partial charge in [-0.15, -0.1) is 0 Å². The van der Waals surface area contributed by atoms with Crippen LogP contribution < -0.4 is 14.4 Å². The predicted octanol–water partition coefficient (Wildman–Crippen LogP) is 5.92. The number of carbonyl (C=O) groups excluding carboxylic acids is 2. The van der Waals surface area contributed by atoms with E-state index in [1.54, 1.807) is 55.5 Å². The number of hydrogen-bond donors (Lipinski definition) is 1. The summed E-state index contributed by atoms with van der Waals surface area (Å²) in [7, 11) is -2.72. The number of ether oxygens (including phenoxy) is 1. The Bertz CT molecular complexity index is 1440. The zero-order valence-corrected chi connectivity index (χ0v) is 26.1. The number of amides is 2. The van der Waals surface area contributed by atoms with Crippen LogP contribution in [0.25, 0.3) is 0 Å². The van der Waals surface area contributed by atoms with Crippen molar-refractivity contribution in [3.8, 4) is 5.75 Å². The quantitative estimate of drug-likeness (QED) is 0.287. The average molecular weight is 621 g/mol. The summed E-state index contributed by atoms with van der Waals surface area (Å²) in [4.78, 5) is 28.9. The van der Waals surface area contributed by atoms with Crippen LogP contribution in [0.2, 0.25) is 10.0 Å². The first-order chi connectivity index (χ1) is 19.3. The van der Waals surface area contributed by atoms with E-state index in [-0.39, 0.29) is 23.8 Å². The zero-order chi connectivity index (χ0) is 30.4. The number of anilines is 1. The Labute approximate surface area is 252 Å². The topological polar surface area (TPSA) is 96.0 Å². The molecule has 3 aromatic carbocycles. The third kappa shape index (κ3) is 8.15. The van der Waals surface area contributed by atoms with E-state index >= 15 is 0 Å². The Hall–Kier alpha value is -3.27. The Morgan fingerprint density at radius 2 is 1.51 bits per heavy atom. The molecule has 220 valence electrons. The van der Waals surface area contributed by atoms with Gasteiger partial charge in [-0.2, -0.15) is 0 Å².